The van der Waals surface area contributed by atoms with Gasteiger partial charge in [-0.05, 0) is 24.6 Å². The van der Waals surface area contributed by atoms with Gasteiger partial charge >= 0.3 is 0 Å². The van der Waals surface area contributed by atoms with Gasteiger partial charge in [0.2, 0.25) is 10.0 Å². The van der Waals surface area contributed by atoms with Gasteiger partial charge in [-0.25, -0.2) is 27.5 Å². The SMILES string of the molecule is COc1ccc(CNS(=O)(=O)[C@@H](C)Cc2ncc(F)cn2)cc1. The molecule has 6 nitrogen and oxygen atoms in total. The molecule has 124 valence electrons. The van der Waals surface area contributed by atoms with E-state index in [2.05, 4.69) is 14.7 Å². The molecule has 0 unspecified atom stereocenters. The van der Waals surface area contributed by atoms with E-state index in [0.29, 0.717) is 5.75 Å². The average molecular weight is 339 g/mol. The summed E-state index contributed by atoms with van der Waals surface area (Å²) in [7, 11) is -1.97. The quantitative estimate of drug-likeness (QED) is 0.830. The standard InChI is InChI=1S/C15H18FN3O3S/c1-11(7-15-17-9-13(16)10-18-15)23(20,21)19-8-12-3-5-14(22-2)6-4-12/h3-6,9-11,19H,7-8H2,1-2H3/t11-/m0/s1. The second-order valence-electron chi connectivity index (χ2n) is 5.05. The minimum Gasteiger partial charge on any atom is -0.497 e. The molecule has 0 amide bonds. The lowest BCUT2D eigenvalue weighted by Crippen LogP contribution is -2.33. The van der Waals surface area contributed by atoms with Crippen molar-refractivity contribution in [2.45, 2.75) is 25.1 Å². The summed E-state index contributed by atoms with van der Waals surface area (Å²) >= 11 is 0. The lowest BCUT2D eigenvalue weighted by molar-refractivity contribution is 0.414. The van der Waals surface area contributed by atoms with Gasteiger partial charge in [-0.2, -0.15) is 0 Å². The van der Waals surface area contributed by atoms with Gasteiger partial charge in [0.05, 0.1) is 24.8 Å². The molecular formula is C15H18FN3O3S. The van der Waals surface area contributed by atoms with Gasteiger partial charge in [-0.15, -0.1) is 0 Å². The number of hydrogen-bond acceptors (Lipinski definition) is 5. The zero-order chi connectivity index (χ0) is 16.9. The highest BCUT2D eigenvalue weighted by Crippen LogP contribution is 2.12. The maximum absolute atomic E-state index is 12.8. The summed E-state index contributed by atoms with van der Waals surface area (Å²) in [5.41, 5.74) is 0.819. The Hall–Kier alpha value is -2.06. The van der Waals surface area contributed by atoms with Crippen molar-refractivity contribution < 1.29 is 17.5 Å². The largest absolute Gasteiger partial charge is 0.497 e. The van der Waals surface area contributed by atoms with Crippen LogP contribution < -0.4 is 9.46 Å². The van der Waals surface area contributed by atoms with E-state index < -0.39 is 21.1 Å². The van der Waals surface area contributed by atoms with Crippen LogP contribution in [-0.4, -0.2) is 30.7 Å². The van der Waals surface area contributed by atoms with Crippen molar-refractivity contribution in [2.75, 3.05) is 7.11 Å². The molecule has 2 rings (SSSR count). The lowest BCUT2D eigenvalue weighted by atomic mass is 10.2. The van der Waals surface area contributed by atoms with Crippen molar-refractivity contribution in [3.63, 3.8) is 0 Å². The first kappa shape index (κ1) is 17.3. The summed E-state index contributed by atoms with van der Waals surface area (Å²) < 4.78 is 44.8. The number of sulfonamides is 1. The fourth-order valence-corrected chi connectivity index (χ4v) is 2.90. The highest BCUT2D eigenvalue weighted by molar-refractivity contribution is 7.90. The normalized spacial score (nSPS) is 12.8. The first-order valence-corrected chi connectivity index (χ1v) is 8.53. The van der Waals surface area contributed by atoms with Crippen LogP contribution in [0.25, 0.3) is 0 Å². The maximum atomic E-state index is 12.8. The summed E-state index contributed by atoms with van der Waals surface area (Å²) in [4.78, 5) is 7.55. The van der Waals surface area contributed by atoms with Gasteiger partial charge in [0.25, 0.3) is 0 Å². The second kappa shape index (κ2) is 7.47. The Morgan fingerprint density at radius 2 is 1.83 bits per heavy atom. The number of benzene rings is 1. The molecule has 1 aromatic carbocycles. The zero-order valence-electron chi connectivity index (χ0n) is 12.9. The third kappa shape index (κ3) is 4.97. The topological polar surface area (TPSA) is 81.2 Å². The molecule has 0 aliphatic rings. The number of nitrogens with one attached hydrogen (secondary N) is 1. The van der Waals surface area contributed by atoms with Gasteiger partial charge in [0, 0.05) is 13.0 Å². The molecule has 0 aliphatic carbocycles. The van der Waals surface area contributed by atoms with E-state index in [-0.39, 0.29) is 18.8 Å². The third-order valence-electron chi connectivity index (χ3n) is 3.31. The number of nitrogens with zero attached hydrogens (tertiary/aromatic N) is 2. The van der Waals surface area contributed by atoms with E-state index in [9.17, 15) is 12.8 Å². The van der Waals surface area contributed by atoms with Crippen LogP contribution in [0.1, 0.15) is 18.3 Å². The van der Waals surface area contributed by atoms with Crippen molar-refractivity contribution in [2.24, 2.45) is 0 Å². The number of hydrogen-bond donors (Lipinski definition) is 1. The van der Waals surface area contributed by atoms with Crippen molar-refractivity contribution in [1.29, 1.82) is 0 Å². The van der Waals surface area contributed by atoms with E-state index in [1.807, 2.05) is 0 Å². The molecule has 0 radical (unpaired) electrons. The van der Waals surface area contributed by atoms with Crippen molar-refractivity contribution in [3.05, 3.63) is 53.9 Å². The Morgan fingerprint density at radius 3 is 2.39 bits per heavy atom. The minimum absolute atomic E-state index is 0.109. The fraction of sp³-hybridized carbons (Fsp3) is 0.333. The number of methoxy groups -OCH3 is 1. The molecule has 0 saturated carbocycles. The van der Waals surface area contributed by atoms with Crippen LogP contribution in [0.5, 0.6) is 5.75 Å². The summed E-state index contributed by atoms with van der Waals surface area (Å²) in [5, 5.41) is -0.730. The first-order chi connectivity index (χ1) is 10.9. The number of aromatic nitrogens is 2. The van der Waals surface area contributed by atoms with Crippen LogP contribution in [0, 0.1) is 5.82 Å². The molecule has 1 aromatic heterocycles. The van der Waals surface area contributed by atoms with E-state index >= 15 is 0 Å². The Morgan fingerprint density at radius 1 is 1.22 bits per heavy atom. The molecular weight excluding hydrogens is 321 g/mol. The van der Waals surface area contributed by atoms with Crippen LogP contribution in [0.3, 0.4) is 0 Å². The van der Waals surface area contributed by atoms with Crippen molar-refractivity contribution >= 4 is 10.0 Å². The van der Waals surface area contributed by atoms with Gasteiger partial charge in [-0.3, -0.25) is 0 Å². The zero-order valence-corrected chi connectivity index (χ0v) is 13.7. The molecule has 1 N–H and O–H groups in total. The molecule has 8 heteroatoms. The fourth-order valence-electron chi connectivity index (χ4n) is 1.88. The molecule has 0 bridgehead atoms. The highest BCUT2D eigenvalue weighted by Gasteiger charge is 2.21. The van der Waals surface area contributed by atoms with E-state index in [1.54, 1.807) is 38.3 Å². The summed E-state index contributed by atoms with van der Waals surface area (Å²) in [5.74, 6) is 0.439. The van der Waals surface area contributed by atoms with Gasteiger partial charge < -0.3 is 4.74 Å². The van der Waals surface area contributed by atoms with E-state index in [1.165, 1.54) is 0 Å². The maximum Gasteiger partial charge on any atom is 0.214 e. The molecule has 2 aromatic rings. The molecule has 0 fully saturated rings. The molecule has 1 heterocycles. The Bertz CT molecular complexity index is 734. The predicted molar refractivity (Wildman–Crippen MR) is 83.9 cm³/mol. The van der Waals surface area contributed by atoms with E-state index in [0.717, 1.165) is 18.0 Å². The Labute approximate surface area is 134 Å². The molecule has 1 atom stereocenters. The first-order valence-electron chi connectivity index (χ1n) is 6.98. The van der Waals surface area contributed by atoms with Crippen LogP contribution in [0.4, 0.5) is 4.39 Å². The highest BCUT2D eigenvalue weighted by atomic mass is 32.2. The summed E-state index contributed by atoms with van der Waals surface area (Å²) in [6, 6.07) is 7.10. The smallest absolute Gasteiger partial charge is 0.214 e. The van der Waals surface area contributed by atoms with Crippen LogP contribution >= 0.6 is 0 Å². The van der Waals surface area contributed by atoms with Crippen LogP contribution in [-0.2, 0) is 23.0 Å². The second-order valence-corrected chi connectivity index (χ2v) is 7.23. The van der Waals surface area contributed by atoms with Crippen LogP contribution in [0.2, 0.25) is 0 Å². The number of rotatable bonds is 7. The van der Waals surface area contributed by atoms with Crippen molar-refractivity contribution in [1.82, 2.24) is 14.7 Å². The number of ether oxygens (including phenoxy) is 1. The molecule has 23 heavy (non-hydrogen) atoms. The molecule has 0 aliphatic heterocycles. The van der Waals surface area contributed by atoms with E-state index in [4.69, 9.17) is 4.74 Å². The Balaban J connectivity index is 1.95. The molecule has 0 spiro atoms. The summed E-state index contributed by atoms with van der Waals surface area (Å²) in [6.07, 6.45) is 2.15. The van der Waals surface area contributed by atoms with Crippen molar-refractivity contribution in [3.8, 4) is 5.75 Å². The number of halogens is 1. The monoisotopic (exact) mass is 339 g/mol. The third-order valence-corrected chi connectivity index (χ3v) is 5.08. The Kier molecular flexibility index (Phi) is 5.62. The summed E-state index contributed by atoms with van der Waals surface area (Å²) in [6.45, 7) is 1.74. The van der Waals surface area contributed by atoms with Gasteiger partial charge in [0.1, 0.15) is 11.6 Å². The van der Waals surface area contributed by atoms with Gasteiger partial charge in [0.15, 0.2) is 5.82 Å². The average Bonchev–Trinajstić information content (AvgIpc) is 2.55. The predicted octanol–water partition coefficient (Wildman–Crippen LogP) is 1.67. The lowest BCUT2D eigenvalue weighted by Gasteiger charge is -2.13. The minimum atomic E-state index is -3.54. The molecule has 0 saturated heterocycles. The van der Waals surface area contributed by atoms with Crippen LogP contribution in [0.15, 0.2) is 36.7 Å². The van der Waals surface area contributed by atoms with Gasteiger partial charge in [-0.1, -0.05) is 12.1 Å².